The maximum absolute atomic E-state index is 12.2. The van der Waals surface area contributed by atoms with Crippen LogP contribution in [0.25, 0.3) is 0 Å². The quantitative estimate of drug-likeness (QED) is 0.724. The largest absolute Gasteiger partial charge is 0.508 e. The number of nitrogens with zero attached hydrogens (tertiary/aromatic N) is 1. The van der Waals surface area contributed by atoms with Gasteiger partial charge in [-0.2, -0.15) is 0 Å². The van der Waals surface area contributed by atoms with Crippen LogP contribution in [0.3, 0.4) is 0 Å². The molecule has 1 aliphatic heterocycles. The van der Waals surface area contributed by atoms with E-state index < -0.39 is 5.97 Å². The van der Waals surface area contributed by atoms with Crippen molar-refractivity contribution in [1.29, 1.82) is 0 Å². The van der Waals surface area contributed by atoms with Crippen LogP contribution in [0.2, 0.25) is 0 Å². The lowest BCUT2D eigenvalue weighted by Crippen LogP contribution is -2.28. The molecule has 1 aromatic rings. The Kier molecular flexibility index (Phi) is 4.12. The number of carbonyl (C=O) groups is 2. The summed E-state index contributed by atoms with van der Waals surface area (Å²) < 4.78 is 0. The van der Waals surface area contributed by atoms with Crippen LogP contribution in [0.4, 0.5) is 0 Å². The lowest BCUT2D eigenvalue weighted by Gasteiger charge is -2.17. The van der Waals surface area contributed by atoms with Gasteiger partial charge in [0.05, 0.1) is 5.56 Å². The van der Waals surface area contributed by atoms with E-state index in [9.17, 15) is 19.8 Å². The van der Waals surface area contributed by atoms with Crippen molar-refractivity contribution in [2.75, 3.05) is 13.1 Å². The molecule has 6 heteroatoms. The molecule has 0 bridgehead atoms. The van der Waals surface area contributed by atoms with E-state index >= 15 is 0 Å². The third-order valence-corrected chi connectivity index (χ3v) is 3.55. The smallest absolute Gasteiger partial charge is 0.303 e. The minimum absolute atomic E-state index is 0.0730. The summed E-state index contributed by atoms with van der Waals surface area (Å²) in [6, 6.07) is 3.83. The van der Waals surface area contributed by atoms with E-state index in [4.69, 9.17) is 5.11 Å². The molecule has 1 fully saturated rings. The number of carboxylic acids is 1. The number of aromatic hydroxyl groups is 2. The highest BCUT2D eigenvalue weighted by Gasteiger charge is 2.28. The Labute approximate surface area is 116 Å². The highest BCUT2D eigenvalue weighted by Crippen LogP contribution is 2.27. The number of hydrogen-bond acceptors (Lipinski definition) is 4. The molecular weight excluding hydrogens is 262 g/mol. The van der Waals surface area contributed by atoms with Gasteiger partial charge in [-0.3, -0.25) is 9.59 Å². The van der Waals surface area contributed by atoms with Crippen LogP contribution in [-0.4, -0.2) is 45.2 Å². The van der Waals surface area contributed by atoms with Gasteiger partial charge in [0.2, 0.25) is 0 Å². The minimum atomic E-state index is -0.833. The number of rotatable bonds is 4. The second kappa shape index (κ2) is 5.81. The molecular formula is C14H17NO5. The molecule has 1 heterocycles. The normalized spacial score (nSPS) is 18.2. The van der Waals surface area contributed by atoms with E-state index in [2.05, 4.69) is 0 Å². The molecule has 1 aliphatic rings. The Morgan fingerprint density at radius 1 is 1.30 bits per heavy atom. The third kappa shape index (κ3) is 3.20. The zero-order valence-electron chi connectivity index (χ0n) is 11.0. The van der Waals surface area contributed by atoms with Crippen molar-refractivity contribution in [2.24, 2.45) is 5.92 Å². The number of likely N-dealkylation sites (tertiary alicyclic amines) is 1. The average Bonchev–Trinajstić information content (AvgIpc) is 2.87. The monoisotopic (exact) mass is 279 g/mol. The van der Waals surface area contributed by atoms with Gasteiger partial charge in [-0.1, -0.05) is 0 Å². The lowest BCUT2D eigenvalue weighted by atomic mass is 10.0. The van der Waals surface area contributed by atoms with E-state index in [1.807, 2.05) is 0 Å². The molecule has 1 unspecified atom stereocenters. The number of carboxylic acid groups (broad SMARTS) is 1. The fraction of sp³-hybridized carbons (Fsp3) is 0.429. The van der Waals surface area contributed by atoms with Gasteiger partial charge in [-0.15, -0.1) is 0 Å². The molecule has 0 radical (unpaired) electrons. The summed E-state index contributed by atoms with van der Waals surface area (Å²) in [4.78, 5) is 24.4. The molecule has 3 N–H and O–H groups in total. The van der Waals surface area contributed by atoms with Crippen LogP contribution in [0.1, 0.15) is 29.6 Å². The second-order valence-electron chi connectivity index (χ2n) is 5.04. The van der Waals surface area contributed by atoms with Crippen molar-refractivity contribution < 1.29 is 24.9 Å². The van der Waals surface area contributed by atoms with E-state index in [0.29, 0.717) is 19.5 Å². The first kappa shape index (κ1) is 14.2. The van der Waals surface area contributed by atoms with Gasteiger partial charge in [0.15, 0.2) is 0 Å². The summed E-state index contributed by atoms with van der Waals surface area (Å²) >= 11 is 0. The molecule has 1 atom stereocenters. The van der Waals surface area contributed by atoms with E-state index in [0.717, 1.165) is 6.42 Å². The molecule has 0 saturated carbocycles. The van der Waals surface area contributed by atoms with Crippen molar-refractivity contribution in [3.05, 3.63) is 23.8 Å². The van der Waals surface area contributed by atoms with Crippen LogP contribution in [0.5, 0.6) is 11.5 Å². The zero-order chi connectivity index (χ0) is 14.7. The number of carbonyl (C=O) groups excluding carboxylic acids is 1. The van der Waals surface area contributed by atoms with Gasteiger partial charge in [0, 0.05) is 19.5 Å². The summed E-state index contributed by atoms with van der Waals surface area (Å²) in [7, 11) is 0. The first-order valence-electron chi connectivity index (χ1n) is 6.50. The first-order chi connectivity index (χ1) is 9.47. The minimum Gasteiger partial charge on any atom is -0.508 e. The highest BCUT2D eigenvalue weighted by atomic mass is 16.4. The average molecular weight is 279 g/mol. The summed E-state index contributed by atoms with van der Waals surface area (Å²) in [5, 5.41) is 27.7. The van der Waals surface area contributed by atoms with Gasteiger partial charge in [0.25, 0.3) is 5.91 Å². The number of hydrogen-bond donors (Lipinski definition) is 3. The van der Waals surface area contributed by atoms with Crippen molar-refractivity contribution in [1.82, 2.24) is 4.90 Å². The molecule has 0 aliphatic carbocycles. The highest BCUT2D eigenvalue weighted by molar-refractivity contribution is 5.97. The van der Waals surface area contributed by atoms with Crippen LogP contribution >= 0.6 is 0 Å². The van der Waals surface area contributed by atoms with E-state index in [1.165, 1.54) is 18.2 Å². The molecule has 108 valence electrons. The van der Waals surface area contributed by atoms with Crippen LogP contribution in [0, 0.1) is 5.92 Å². The SMILES string of the molecule is O=C(O)CCC1CCN(C(=O)c2cc(O)ccc2O)C1. The maximum atomic E-state index is 12.2. The van der Waals surface area contributed by atoms with E-state index in [-0.39, 0.29) is 35.3 Å². The van der Waals surface area contributed by atoms with Gasteiger partial charge in [-0.05, 0) is 37.0 Å². The molecule has 6 nitrogen and oxygen atoms in total. The Morgan fingerprint density at radius 3 is 2.75 bits per heavy atom. The molecule has 0 spiro atoms. The fourth-order valence-corrected chi connectivity index (χ4v) is 2.45. The molecule has 1 saturated heterocycles. The summed E-state index contributed by atoms with van der Waals surface area (Å²) in [6.07, 6.45) is 1.41. The predicted octanol–water partition coefficient (Wildman–Crippen LogP) is 1.42. The molecule has 2 rings (SSSR count). The number of benzene rings is 1. The Bertz CT molecular complexity index is 528. The second-order valence-corrected chi connectivity index (χ2v) is 5.04. The van der Waals surface area contributed by atoms with Gasteiger partial charge < -0.3 is 20.2 Å². The van der Waals surface area contributed by atoms with Crippen LogP contribution in [0.15, 0.2) is 18.2 Å². The van der Waals surface area contributed by atoms with Crippen LogP contribution < -0.4 is 0 Å². The lowest BCUT2D eigenvalue weighted by molar-refractivity contribution is -0.137. The number of phenolic OH excluding ortho intramolecular Hbond substituents is 2. The zero-order valence-corrected chi connectivity index (χ0v) is 11.0. The fourth-order valence-electron chi connectivity index (χ4n) is 2.45. The topological polar surface area (TPSA) is 98.1 Å². The molecule has 0 aromatic heterocycles. The maximum Gasteiger partial charge on any atom is 0.303 e. The first-order valence-corrected chi connectivity index (χ1v) is 6.50. The standard InChI is InChI=1S/C14H17NO5/c16-10-2-3-12(17)11(7-10)14(20)15-6-5-9(8-15)1-4-13(18)19/h2-3,7,9,16-17H,1,4-6,8H2,(H,18,19). The van der Waals surface area contributed by atoms with Crippen molar-refractivity contribution >= 4 is 11.9 Å². The van der Waals surface area contributed by atoms with Crippen LogP contribution in [-0.2, 0) is 4.79 Å². The summed E-state index contributed by atoms with van der Waals surface area (Å²) in [5.41, 5.74) is 0.0730. The van der Waals surface area contributed by atoms with E-state index in [1.54, 1.807) is 4.90 Å². The van der Waals surface area contributed by atoms with Gasteiger partial charge >= 0.3 is 5.97 Å². The van der Waals surface area contributed by atoms with Crippen molar-refractivity contribution in [2.45, 2.75) is 19.3 Å². The number of aliphatic carboxylic acids is 1. The van der Waals surface area contributed by atoms with Crippen molar-refractivity contribution in [3.63, 3.8) is 0 Å². The van der Waals surface area contributed by atoms with Crippen molar-refractivity contribution in [3.8, 4) is 11.5 Å². The third-order valence-electron chi connectivity index (χ3n) is 3.55. The Balaban J connectivity index is 2.00. The van der Waals surface area contributed by atoms with Gasteiger partial charge in [-0.25, -0.2) is 0 Å². The Morgan fingerprint density at radius 2 is 2.05 bits per heavy atom. The summed E-state index contributed by atoms with van der Waals surface area (Å²) in [5.74, 6) is -1.24. The summed E-state index contributed by atoms with van der Waals surface area (Å²) in [6.45, 7) is 1.03. The molecule has 1 amide bonds. The van der Waals surface area contributed by atoms with Gasteiger partial charge in [0.1, 0.15) is 11.5 Å². The number of phenols is 2. The molecule has 1 aromatic carbocycles. The Hall–Kier alpha value is -2.24. The number of amides is 1. The molecule has 20 heavy (non-hydrogen) atoms. The predicted molar refractivity (Wildman–Crippen MR) is 70.7 cm³/mol.